The Kier molecular flexibility index (Phi) is 2.63. The van der Waals surface area contributed by atoms with Crippen molar-refractivity contribution in [1.82, 2.24) is 14.6 Å². The maximum absolute atomic E-state index is 12.7. The molecule has 1 N–H and O–H groups in total. The highest BCUT2D eigenvalue weighted by Gasteiger charge is 2.34. The summed E-state index contributed by atoms with van der Waals surface area (Å²) in [7, 11) is 0. The lowest BCUT2D eigenvalue weighted by molar-refractivity contribution is -0.141. The van der Waals surface area contributed by atoms with Crippen molar-refractivity contribution in [3.05, 3.63) is 58.6 Å². The van der Waals surface area contributed by atoms with Crippen molar-refractivity contribution in [1.29, 1.82) is 0 Å². The highest BCUT2D eigenvalue weighted by molar-refractivity contribution is 5.76. The minimum atomic E-state index is -4.65. The van der Waals surface area contributed by atoms with Crippen molar-refractivity contribution in [2.45, 2.75) is 6.18 Å². The van der Waals surface area contributed by atoms with Gasteiger partial charge in [-0.2, -0.15) is 13.2 Å². The van der Waals surface area contributed by atoms with Crippen molar-refractivity contribution >= 4 is 5.65 Å². The summed E-state index contributed by atoms with van der Waals surface area (Å²) in [5.41, 5.74) is -0.925. The molecule has 0 spiro atoms. The van der Waals surface area contributed by atoms with Gasteiger partial charge in [0.25, 0.3) is 5.56 Å². The summed E-state index contributed by atoms with van der Waals surface area (Å²) in [6.45, 7) is 0. The van der Waals surface area contributed by atoms with Crippen molar-refractivity contribution in [3.8, 4) is 11.1 Å². The standard InChI is InChI=1S/C13H8F3N3O/c14-13(15,16)10-6-11(20)19-12(18-10)9(7-17-19)8-4-2-1-3-5-8/h1-7,17H. The number of fused-ring (bicyclic) bond motifs is 1. The quantitative estimate of drug-likeness (QED) is 0.744. The third-order valence-electron chi connectivity index (χ3n) is 2.87. The first-order chi connectivity index (χ1) is 9.47. The summed E-state index contributed by atoms with van der Waals surface area (Å²) in [5.74, 6) is 0. The van der Waals surface area contributed by atoms with Gasteiger partial charge in [0.2, 0.25) is 0 Å². The number of hydrogen-bond acceptors (Lipinski definition) is 2. The number of halogens is 3. The smallest absolute Gasteiger partial charge is 0.296 e. The molecule has 0 radical (unpaired) electrons. The lowest BCUT2D eigenvalue weighted by Gasteiger charge is -2.05. The van der Waals surface area contributed by atoms with Gasteiger partial charge in [0.1, 0.15) is 0 Å². The number of nitrogens with one attached hydrogen (secondary N) is 1. The monoisotopic (exact) mass is 279 g/mol. The van der Waals surface area contributed by atoms with Crippen LogP contribution in [0, 0.1) is 0 Å². The molecule has 0 aliphatic carbocycles. The molecule has 0 saturated heterocycles. The molecule has 3 aromatic rings. The predicted molar refractivity (Wildman–Crippen MR) is 66.3 cm³/mol. The van der Waals surface area contributed by atoms with Crippen molar-refractivity contribution < 1.29 is 13.2 Å². The highest BCUT2D eigenvalue weighted by Crippen LogP contribution is 2.28. The van der Waals surface area contributed by atoms with E-state index in [1.54, 1.807) is 30.3 Å². The van der Waals surface area contributed by atoms with E-state index in [-0.39, 0.29) is 5.65 Å². The Morgan fingerprint density at radius 3 is 2.50 bits per heavy atom. The average molecular weight is 279 g/mol. The fourth-order valence-corrected chi connectivity index (χ4v) is 1.96. The van der Waals surface area contributed by atoms with Gasteiger partial charge in [-0.05, 0) is 5.56 Å². The van der Waals surface area contributed by atoms with Crippen LogP contribution in [0.1, 0.15) is 5.69 Å². The molecule has 0 atom stereocenters. The number of aromatic amines is 1. The first-order valence-corrected chi connectivity index (χ1v) is 5.70. The van der Waals surface area contributed by atoms with Crippen LogP contribution < -0.4 is 5.56 Å². The van der Waals surface area contributed by atoms with Crippen LogP contribution in [-0.2, 0) is 6.18 Å². The fraction of sp³-hybridized carbons (Fsp3) is 0.0769. The zero-order chi connectivity index (χ0) is 14.3. The maximum Gasteiger partial charge on any atom is 0.433 e. The van der Waals surface area contributed by atoms with E-state index in [9.17, 15) is 18.0 Å². The van der Waals surface area contributed by atoms with Gasteiger partial charge in [-0.3, -0.25) is 9.89 Å². The van der Waals surface area contributed by atoms with Crippen molar-refractivity contribution in [2.24, 2.45) is 0 Å². The molecule has 20 heavy (non-hydrogen) atoms. The van der Waals surface area contributed by atoms with Gasteiger partial charge < -0.3 is 0 Å². The van der Waals surface area contributed by atoms with E-state index in [0.29, 0.717) is 17.2 Å². The van der Waals surface area contributed by atoms with Crippen LogP contribution in [0.3, 0.4) is 0 Å². The van der Waals surface area contributed by atoms with Gasteiger partial charge in [0.05, 0.1) is 0 Å². The van der Waals surface area contributed by atoms with Gasteiger partial charge in [0, 0.05) is 17.8 Å². The molecule has 2 aromatic heterocycles. The van der Waals surface area contributed by atoms with Gasteiger partial charge in [-0.15, -0.1) is 0 Å². The molecule has 0 saturated carbocycles. The van der Waals surface area contributed by atoms with Crippen LogP contribution in [-0.4, -0.2) is 14.6 Å². The van der Waals surface area contributed by atoms with E-state index >= 15 is 0 Å². The second-order valence-corrected chi connectivity index (χ2v) is 4.19. The van der Waals surface area contributed by atoms with Gasteiger partial charge in [-0.1, -0.05) is 30.3 Å². The van der Waals surface area contributed by atoms with Crippen LogP contribution in [0.25, 0.3) is 16.8 Å². The maximum atomic E-state index is 12.7. The van der Waals surface area contributed by atoms with Crippen LogP contribution in [0.15, 0.2) is 47.4 Å². The molecule has 3 rings (SSSR count). The number of nitrogens with zero attached hydrogens (tertiary/aromatic N) is 2. The molecule has 2 heterocycles. The SMILES string of the molecule is O=c1cc(C(F)(F)F)nc2c(-c3ccccc3)c[nH]n12. The Hall–Kier alpha value is -2.57. The molecular formula is C13H8F3N3O. The van der Waals surface area contributed by atoms with E-state index in [4.69, 9.17) is 0 Å². The van der Waals surface area contributed by atoms with E-state index in [0.717, 1.165) is 4.52 Å². The molecule has 4 nitrogen and oxygen atoms in total. The Labute approximate surface area is 110 Å². The predicted octanol–water partition coefficient (Wildman–Crippen LogP) is 2.71. The summed E-state index contributed by atoms with van der Waals surface area (Å²) in [5, 5.41) is 2.61. The van der Waals surface area contributed by atoms with E-state index in [1.165, 1.54) is 6.20 Å². The zero-order valence-corrected chi connectivity index (χ0v) is 9.98. The number of aromatic nitrogens is 3. The Morgan fingerprint density at radius 1 is 1.15 bits per heavy atom. The minimum absolute atomic E-state index is 0.0453. The summed E-state index contributed by atoms with van der Waals surface area (Å²) in [4.78, 5) is 15.2. The Balaban J connectivity index is 2.31. The zero-order valence-electron chi connectivity index (χ0n) is 9.98. The summed E-state index contributed by atoms with van der Waals surface area (Å²) in [6.07, 6.45) is -3.20. The molecule has 0 aliphatic rings. The minimum Gasteiger partial charge on any atom is -0.296 e. The lowest BCUT2D eigenvalue weighted by atomic mass is 10.1. The number of hydrogen-bond donors (Lipinski definition) is 1. The third kappa shape index (κ3) is 1.97. The largest absolute Gasteiger partial charge is 0.433 e. The fourth-order valence-electron chi connectivity index (χ4n) is 1.96. The number of benzene rings is 1. The van der Waals surface area contributed by atoms with Gasteiger partial charge in [0.15, 0.2) is 11.3 Å². The number of alkyl halides is 3. The van der Waals surface area contributed by atoms with Gasteiger partial charge >= 0.3 is 6.18 Å². The molecule has 102 valence electrons. The Morgan fingerprint density at radius 2 is 1.85 bits per heavy atom. The van der Waals surface area contributed by atoms with Gasteiger partial charge in [-0.25, -0.2) is 9.50 Å². The second-order valence-electron chi connectivity index (χ2n) is 4.19. The molecule has 0 aliphatic heterocycles. The first-order valence-electron chi connectivity index (χ1n) is 5.70. The van der Waals surface area contributed by atoms with Crippen molar-refractivity contribution in [3.63, 3.8) is 0 Å². The molecule has 7 heteroatoms. The van der Waals surface area contributed by atoms with E-state index < -0.39 is 17.4 Å². The summed E-state index contributed by atoms with van der Waals surface area (Å²) in [6, 6.07) is 9.23. The highest BCUT2D eigenvalue weighted by atomic mass is 19.4. The second kappa shape index (κ2) is 4.22. The normalized spacial score (nSPS) is 11.9. The van der Waals surface area contributed by atoms with E-state index in [1.807, 2.05) is 0 Å². The lowest BCUT2D eigenvalue weighted by Crippen LogP contribution is -2.19. The molecule has 0 amide bonds. The number of rotatable bonds is 1. The van der Waals surface area contributed by atoms with Crippen LogP contribution in [0.2, 0.25) is 0 Å². The van der Waals surface area contributed by atoms with Crippen LogP contribution >= 0.6 is 0 Å². The van der Waals surface area contributed by atoms with Crippen molar-refractivity contribution in [2.75, 3.05) is 0 Å². The average Bonchev–Trinajstić information content (AvgIpc) is 2.83. The Bertz CT molecular complexity index is 818. The number of H-pyrrole nitrogens is 1. The summed E-state index contributed by atoms with van der Waals surface area (Å²) < 4.78 is 39.1. The first kappa shape index (κ1) is 12.5. The van der Waals surface area contributed by atoms with Crippen LogP contribution in [0.5, 0.6) is 0 Å². The third-order valence-corrected chi connectivity index (χ3v) is 2.87. The molecule has 0 fully saturated rings. The van der Waals surface area contributed by atoms with Crippen LogP contribution in [0.4, 0.5) is 13.2 Å². The summed E-state index contributed by atoms with van der Waals surface area (Å²) >= 11 is 0. The topological polar surface area (TPSA) is 50.2 Å². The molecule has 1 aromatic carbocycles. The van der Waals surface area contributed by atoms with E-state index in [2.05, 4.69) is 10.1 Å². The molecule has 0 bridgehead atoms. The molecular weight excluding hydrogens is 271 g/mol. The molecule has 0 unspecified atom stereocenters.